The van der Waals surface area contributed by atoms with Crippen LogP contribution in [-0.4, -0.2) is 70.9 Å². The molecule has 7 rings (SSSR count). The fourth-order valence-electron chi connectivity index (χ4n) is 7.84. The number of ether oxygens (including phenoxy) is 1. The average Bonchev–Trinajstić information content (AvgIpc) is 3.63. The van der Waals surface area contributed by atoms with Crippen LogP contribution >= 0.6 is 0 Å². The lowest BCUT2D eigenvalue weighted by Gasteiger charge is -2.32. The predicted octanol–water partition coefficient (Wildman–Crippen LogP) is 0.997. The SMILES string of the molecule is O=C1[C@@H]2[C@H](C(=O)N1CN(C[C@@H]1CCCO1)CN1C(=O)[C@H]3[C@H](C1=O)[C@H]1C=C[C@H]3C1)[C@H]1C=C[C@H]2C1. The fraction of sp³-hybridized carbons (Fsp3) is 0.680. The first-order valence-electron chi connectivity index (χ1n) is 12.4. The van der Waals surface area contributed by atoms with Crippen molar-refractivity contribution in [3.63, 3.8) is 0 Å². The van der Waals surface area contributed by atoms with Gasteiger partial charge in [0.2, 0.25) is 23.6 Å². The molecule has 0 aromatic heterocycles. The van der Waals surface area contributed by atoms with Crippen LogP contribution in [0, 0.1) is 47.3 Å². The summed E-state index contributed by atoms with van der Waals surface area (Å²) >= 11 is 0. The summed E-state index contributed by atoms with van der Waals surface area (Å²) in [6.07, 6.45) is 12.0. The predicted molar refractivity (Wildman–Crippen MR) is 115 cm³/mol. The Morgan fingerprint density at radius 1 is 0.727 bits per heavy atom. The van der Waals surface area contributed by atoms with Crippen molar-refractivity contribution in [3.8, 4) is 0 Å². The number of carbonyl (C=O) groups excluding carboxylic acids is 4. The molecule has 3 heterocycles. The zero-order chi connectivity index (χ0) is 22.4. The Kier molecular flexibility index (Phi) is 4.32. The van der Waals surface area contributed by atoms with E-state index in [0.29, 0.717) is 13.2 Å². The maximum atomic E-state index is 13.2. The van der Waals surface area contributed by atoms with Gasteiger partial charge < -0.3 is 4.74 Å². The third-order valence-corrected chi connectivity index (χ3v) is 9.29. The Labute approximate surface area is 192 Å². The van der Waals surface area contributed by atoms with Crippen molar-refractivity contribution in [3.05, 3.63) is 24.3 Å². The minimum absolute atomic E-state index is 0.0136. The molecule has 8 heteroatoms. The minimum atomic E-state index is -0.242. The summed E-state index contributed by atoms with van der Waals surface area (Å²) in [5.74, 6) is -0.712. The topological polar surface area (TPSA) is 87.2 Å². The molecule has 0 unspecified atom stereocenters. The Morgan fingerprint density at radius 3 is 1.52 bits per heavy atom. The van der Waals surface area contributed by atoms with E-state index in [1.54, 1.807) is 0 Å². The zero-order valence-corrected chi connectivity index (χ0v) is 18.5. The van der Waals surface area contributed by atoms with Crippen molar-refractivity contribution < 1.29 is 23.9 Å². The highest BCUT2D eigenvalue weighted by Crippen LogP contribution is 2.53. The fourth-order valence-corrected chi connectivity index (χ4v) is 7.84. The van der Waals surface area contributed by atoms with Gasteiger partial charge in [-0.05, 0) is 49.4 Å². The number of carbonyl (C=O) groups is 4. The summed E-state index contributed by atoms with van der Waals surface area (Å²) in [5.41, 5.74) is 0. The maximum Gasteiger partial charge on any atom is 0.234 e. The number of hydrogen-bond donors (Lipinski definition) is 0. The molecule has 3 aliphatic heterocycles. The highest BCUT2D eigenvalue weighted by atomic mass is 16.5. The van der Waals surface area contributed by atoms with Gasteiger partial charge in [-0.15, -0.1) is 0 Å². The van der Waals surface area contributed by atoms with Crippen LogP contribution in [0.3, 0.4) is 0 Å². The van der Waals surface area contributed by atoms with Gasteiger partial charge in [0, 0.05) is 13.2 Å². The van der Waals surface area contributed by atoms with E-state index in [2.05, 4.69) is 24.3 Å². The van der Waals surface area contributed by atoms with Crippen molar-refractivity contribution in [2.45, 2.75) is 31.8 Å². The van der Waals surface area contributed by atoms with Gasteiger partial charge in [0.15, 0.2) is 0 Å². The largest absolute Gasteiger partial charge is 0.377 e. The number of hydrogen-bond acceptors (Lipinski definition) is 6. The van der Waals surface area contributed by atoms with Crippen LogP contribution in [0.15, 0.2) is 24.3 Å². The van der Waals surface area contributed by atoms with E-state index in [4.69, 9.17) is 4.74 Å². The van der Waals surface area contributed by atoms with E-state index < -0.39 is 0 Å². The van der Waals surface area contributed by atoms with E-state index in [1.807, 2.05) is 4.90 Å². The molecule has 174 valence electrons. The Morgan fingerprint density at radius 2 is 1.15 bits per heavy atom. The molecule has 0 aromatic carbocycles. The smallest absolute Gasteiger partial charge is 0.234 e. The first-order chi connectivity index (χ1) is 16.0. The number of allylic oxidation sites excluding steroid dienone is 4. The number of imide groups is 2. The molecule has 2 saturated carbocycles. The van der Waals surface area contributed by atoms with E-state index in [1.165, 1.54) is 9.80 Å². The van der Waals surface area contributed by atoms with Gasteiger partial charge >= 0.3 is 0 Å². The molecule has 8 nitrogen and oxygen atoms in total. The highest BCUT2D eigenvalue weighted by Gasteiger charge is 2.61. The molecule has 4 aliphatic carbocycles. The number of amides is 4. The lowest BCUT2D eigenvalue weighted by atomic mass is 9.85. The molecule has 0 spiro atoms. The van der Waals surface area contributed by atoms with Crippen LogP contribution in [0.25, 0.3) is 0 Å². The number of fused-ring (bicyclic) bond motifs is 10. The molecule has 5 fully saturated rings. The normalized spacial score (nSPS) is 44.5. The third kappa shape index (κ3) is 2.77. The molecule has 3 saturated heterocycles. The van der Waals surface area contributed by atoms with Crippen molar-refractivity contribution in [2.75, 3.05) is 26.5 Å². The van der Waals surface area contributed by atoms with Crippen LogP contribution in [0.2, 0.25) is 0 Å². The summed E-state index contributed by atoms with van der Waals surface area (Å²) in [5, 5.41) is 0. The van der Waals surface area contributed by atoms with Crippen LogP contribution < -0.4 is 0 Å². The molecule has 7 aliphatic rings. The summed E-state index contributed by atoms with van der Waals surface area (Å²) in [7, 11) is 0. The monoisotopic (exact) mass is 451 g/mol. The number of likely N-dealkylation sites (tertiary alicyclic amines) is 2. The summed E-state index contributed by atoms with van der Waals surface area (Å²) < 4.78 is 5.82. The maximum absolute atomic E-state index is 13.2. The minimum Gasteiger partial charge on any atom is -0.377 e. The van der Waals surface area contributed by atoms with Gasteiger partial charge in [-0.25, -0.2) is 0 Å². The van der Waals surface area contributed by atoms with E-state index in [0.717, 1.165) is 25.7 Å². The first kappa shape index (κ1) is 20.1. The quantitative estimate of drug-likeness (QED) is 0.442. The van der Waals surface area contributed by atoms with Crippen LogP contribution in [-0.2, 0) is 23.9 Å². The molecular weight excluding hydrogens is 422 g/mol. The van der Waals surface area contributed by atoms with Gasteiger partial charge in [-0.1, -0.05) is 24.3 Å². The molecule has 0 aromatic rings. The lowest BCUT2D eigenvalue weighted by Crippen LogP contribution is -2.50. The Balaban J connectivity index is 1.11. The van der Waals surface area contributed by atoms with Gasteiger partial charge in [-0.3, -0.25) is 33.9 Å². The number of rotatable bonds is 6. The van der Waals surface area contributed by atoms with Gasteiger partial charge in [-0.2, -0.15) is 0 Å². The molecule has 0 radical (unpaired) electrons. The molecule has 9 atom stereocenters. The van der Waals surface area contributed by atoms with Crippen molar-refractivity contribution in [1.82, 2.24) is 14.7 Å². The molecule has 0 N–H and O–H groups in total. The molecular formula is C25H29N3O5. The van der Waals surface area contributed by atoms with Crippen molar-refractivity contribution in [1.29, 1.82) is 0 Å². The molecule has 4 bridgehead atoms. The number of nitrogens with zero attached hydrogens (tertiary/aromatic N) is 3. The second-order valence-electron chi connectivity index (χ2n) is 11.0. The third-order valence-electron chi connectivity index (χ3n) is 9.29. The summed E-state index contributed by atoms with van der Waals surface area (Å²) in [4.78, 5) is 57.6. The molecule has 33 heavy (non-hydrogen) atoms. The van der Waals surface area contributed by atoms with Gasteiger partial charge in [0.1, 0.15) is 0 Å². The van der Waals surface area contributed by atoms with Crippen LogP contribution in [0.4, 0.5) is 0 Å². The van der Waals surface area contributed by atoms with Crippen molar-refractivity contribution >= 4 is 23.6 Å². The van der Waals surface area contributed by atoms with E-state index in [9.17, 15) is 19.2 Å². The summed E-state index contributed by atoms with van der Waals surface area (Å²) in [6, 6.07) is 0. The van der Waals surface area contributed by atoms with E-state index in [-0.39, 0.29) is 90.4 Å². The lowest BCUT2D eigenvalue weighted by molar-refractivity contribution is -0.147. The highest BCUT2D eigenvalue weighted by molar-refractivity contribution is 6.07. The summed E-state index contributed by atoms with van der Waals surface area (Å²) in [6.45, 7) is 1.41. The van der Waals surface area contributed by atoms with Crippen molar-refractivity contribution in [2.24, 2.45) is 47.3 Å². The van der Waals surface area contributed by atoms with Gasteiger partial charge in [0.25, 0.3) is 0 Å². The van der Waals surface area contributed by atoms with Crippen LogP contribution in [0.1, 0.15) is 25.7 Å². The molecule has 4 amide bonds. The van der Waals surface area contributed by atoms with Gasteiger partial charge in [0.05, 0.1) is 43.1 Å². The zero-order valence-electron chi connectivity index (χ0n) is 18.5. The second-order valence-corrected chi connectivity index (χ2v) is 11.0. The Hall–Kier alpha value is -2.32. The average molecular weight is 452 g/mol. The van der Waals surface area contributed by atoms with E-state index >= 15 is 0 Å². The van der Waals surface area contributed by atoms with Crippen LogP contribution in [0.5, 0.6) is 0 Å². The standard InChI is InChI=1S/C25H29N3O5/c29-22-18-13-3-4-14(8-13)19(18)23(30)27(22)11-26(10-17-2-1-7-33-17)12-28-24(31)20-15-5-6-16(9-15)21(20)25(28)32/h3-6,13-21H,1-2,7-12H2/t13-,14-,15-,16-,17-,18-,19+,20+,21+/m0/s1. The Bertz CT molecular complexity index is 870. The first-order valence-corrected chi connectivity index (χ1v) is 12.4. The second kappa shape index (κ2) is 7.09.